The first-order valence-corrected chi connectivity index (χ1v) is 5.63. The van der Waals surface area contributed by atoms with Gasteiger partial charge in [-0.2, -0.15) is 5.26 Å². The van der Waals surface area contributed by atoms with Crippen molar-refractivity contribution in [2.45, 2.75) is 13.3 Å². The highest BCUT2D eigenvalue weighted by Gasteiger charge is 2.17. The van der Waals surface area contributed by atoms with Crippen molar-refractivity contribution in [3.8, 4) is 6.07 Å². The molecule has 0 heterocycles. The summed E-state index contributed by atoms with van der Waals surface area (Å²) in [7, 11) is -3.33. The Morgan fingerprint density at radius 2 is 2.17 bits per heavy atom. The lowest BCUT2D eigenvalue weighted by atomic mass is 10.5. The van der Waals surface area contributed by atoms with Crippen molar-refractivity contribution in [1.29, 1.82) is 5.26 Å². The second-order valence-electron chi connectivity index (χ2n) is 2.12. The van der Waals surface area contributed by atoms with E-state index >= 15 is 0 Å². The summed E-state index contributed by atoms with van der Waals surface area (Å²) in [6.45, 7) is 2.29. The minimum absolute atomic E-state index is 0.198. The third kappa shape index (κ3) is 3.39. The summed E-state index contributed by atoms with van der Waals surface area (Å²) in [5.41, 5.74) is 0. The average Bonchev–Trinajstić information content (AvgIpc) is 2.05. The predicted octanol–water partition coefficient (Wildman–Crippen LogP) is 0.748. The van der Waals surface area contributed by atoms with Crippen molar-refractivity contribution in [3.05, 3.63) is 0 Å². The largest absolute Gasteiger partial charge is 0.228 e. The molecule has 0 aliphatic rings. The normalized spacial score (nSPS) is 11.5. The zero-order valence-corrected chi connectivity index (χ0v) is 8.40. The molecule has 0 aliphatic heterocycles. The summed E-state index contributed by atoms with van der Waals surface area (Å²) in [6.07, 6.45) is 0.198. The van der Waals surface area contributed by atoms with Gasteiger partial charge < -0.3 is 0 Å². The van der Waals surface area contributed by atoms with E-state index in [1.165, 1.54) is 4.31 Å². The second-order valence-corrected chi connectivity index (χ2v) is 4.67. The van der Waals surface area contributed by atoms with Gasteiger partial charge in [-0.15, -0.1) is 11.6 Å². The molecule has 0 unspecified atom stereocenters. The number of alkyl halides is 1. The van der Waals surface area contributed by atoms with Crippen LogP contribution < -0.4 is 0 Å². The number of halogens is 1. The Balaban J connectivity index is 4.27. The summed E-state index contributed by atoms with van der Waals surface area (Å²) >= 11 is 5.23. The lowest BCUT2D eigenvalue weighted by molar-refractivity contribution is 0.438. The monoisotopic (exact) mass is 210 g/mol. The van der Waals surface area contributed by atoms with E-state index in [0.29, 0.717) is 6.54 Å². The van der Waals surface area contributed by atoms with E-state index in [1.807, 2.05) is 6.07 Å². The number of hydrogen-bond donors (Lipinski definition) is 0. The summed E-state index contributed by atoms with van der Waals surface area (Å²) in [4.78, 5) is 0. The molecular formula is C6H11ClN2O2S. The molecule has 12 heavy (non-hydrogen) atoms. The zero-order chi connectivity index (χ0) is 9.61. The summed E-state index contributed by atoms with van der Waals surface area (Å²) in [5, 5.41) is 7.82. The summed E-state index contributed by atoms with van der Waals surface area (Å²) < 4.78 is 23.4. The van der Waals surface area contributed by atoms with Crippen molar-refractivity contribution < 1.29 is 8.42 Å². The van der Waals surface area contributed by atoms with E-state index < -0.39 is 15.2 Å². The van der Waals surface area contributed by atoms with Gasteiger partial charge in [-0.1, -0.05) is 6.92 Å². The molecule has 0 atom stereocenters. The van der Waals surface area contributed by atoms with Gasteiger partial charge in [-0.3, -0.25) is 0 Å². The molecule has 0 saturated carbocycles. The lowest BCUT2D eigenvalue weighted by Crippen LogP contribution is -2.32. The number of nitrogens with zero attached hydrogens (tertiary/aromatic N) is 2. The first-order chi connectivity index (χ1) is 5.58. The van der Waals surface area contributed by atoms with Crippen LogP contribution in [-0.4, -0.2) is 31.0 Å². The van der Waals surface area contributed by atoms with Crippen molar-refractivity contribution in [1.82, 2.24) is 4.31 Å². The van der Waals surface area contributed by atoms with Crippen molar-refractivity contribution >= 4 is 21.6 Å². The van der Waals surface area contributed by atoms with Crippen LogP contribution in [0.2, 0.25) is 0 Å². The molecule has 0 N–H and O–H groups in total. The average molecular weight is 211 g/mol. The number of rotatable bonds is 5. The van der Waals surface area contributed by atoms with Crippen LogP contribution in [-0.2, 0) is 10.0 Å². The van der Waals surface area contributed by atoms with Crippen molar-refractivity contribution in [3.63, 3.8) is 0 Å². The Kier molecular flexibility index (Phi) is 5.22. The van der Waals surface area contributed by atoms with E-state index in [-0.39, 0.29) is 13.0 Å². The quantitative estimate of drug-likeness (QED) is 0.629. The van der Waals surface area contributed by atoms with Crippen LogP contribution in [0.5, 0.6) is 0 Å². The minimum Gasteiger partial charge on any atom is -0.211 e. The molecule has 70 valence electrons. The molecule has 0 bridgehead atoms. The third-order valence-corrected chi connectivity index (χ3v) is 3.69. The molecule has 0 spiro atoms. The molecular weight excluding hydrogens is 200 g/mol. The van der Waals surface area contributed by atoms with E-state index in [4.69, 9.17) is 16.9 Å². The van der Waals surface area contributed by atoms with Crippen LogP contribution in [0.1, 0.15) is 13.3 Å². The first kappa shape index (κ1) is 11.7. The Hall–Kier alpha value is -0.310. The van der Waals surface area contributed by atoms with Gasteiger partial charge in [-0.25, -0.2) is 12.7 Å². The standard InChI is InChI=1S/C6H11ClN2O2S/c1-2-9(5-3-4-8)12(10,11)6-7/h2-3,5-6H2,1H3. The van der Waals surface area contributed by atoms with Gasteiger partial charge in [-0.05, 0) is 0 Å². The molecule has 0 aromatic rings. The van der Waals surface area contributed by atoms with Gasteiger partial charge in [0.2, 0.25) is 10.0 Å². The fourth-order valence-electron chi connectivity index (χ4n) is 0.738. The van der Waals surface area contributed by atoms with Crippen LogP contribution in [0.4, 0.5) is 0 Å². The maximum absolute atomic E-state index is 11.1. The first-order valence-electron chi connectivity index (χ1n) is 3.49. The molecule has 0 aliphatic carbocycles. The highest BCUT2D eigenvalue weighted by Crippen LogP contribution is 2.03. The Labute approximate surface area is 77.8 Å². The van der Waals surface area contributed by atoms with E-state index in [2.05, 4.69) is 0 Å². The molecule has 0 fully saturated rings. The third-order valence-electron chi connectivity index (χ3n) is 1.36. The van der Waals surface area contributed by atoms with Gasteiger partial charge in [0.1, 0.15) is 5.21 Å². The Bertz CT molecular complexity index is 257. The fraction of sp³-hybridized carbons (Fsp3) is 0.833. The van der Waals surface area contributed by atoms with Crippen LogP contribution in [0.25, 0.3) is 0 Å². The minimum atomic E-state index is -3.33. The smallest absolute Gasteiger partial charge is 0.211 e. The van der Waals surface area contributed by atoms with Crippen LogP contribution >= 0.6 is 11.6 Å². The molecule has 0 amide bonds. The maximum atomic E-state index is 11.1. The van der Waals surface area contributed by atoms with Crippen molar-refractivity contribution in [2.24, 2.45) is 0 Å². The van der Waals surface area contributed by atoms with Crippen LogP contribution in [0.15, 0.2) is 0 Å². The molecule has 6 heteroatoms. The fourth-order valence-corrected chi connectivity index (χ4v) is 2.05. The highest BCUT2D eigenvalue weighted by molar-refractivity contribution is 7.90. The number of nitriles is 1. The summed E-state index contributed by atoms with van der Waals surface area (Å²) in [6, 6.07) is 1.88. The maximum Gasteiger partial charge on any atom is 0.228 e. The molecule has 0 saturated heterocycles. The lowest BCUT2D eigenvalue weighted by Gasteiger charge is -2.16. The Morgan fingerprint density at radius 1 is 1.58 bits per heavy atom. The van der Waals surface area contributed by atoms with Gasteiger partial charge in [0.25, 0.3) is 0 Å². The molecule has 0 radical (unpaired) electrons. The number of sulfonamides is 1. The molecule has 0 aromatic carbocycles. The summed E-state index contributed by atoms with van der Waals surface area (Å²) in [5.74, 6) is 0. The van der Waals surface area contributed by atoms with Gasteiger partial charge >= 0.3 is 0 Å². The van der Waals surface area contributed by atoms with Gasteiger partial charge in [0, 0.05) is 19.5 Å². The van der Waals surface area contributed by atoms with E-state index in [0.717, 1.165) is 0 Å². The van der Waals surface area contributed by atoms with Gasteiger partial charge in [0.05, 0.1) is 6.07 Å². The zero-order valence-electron chi connectivity index (χ0n) is 6.83. The Morgan fingerprint density at radius 3 is 2.50 bits per heavy atom. The van der Waals surface area contributed by atoms with Gasteiger partial charge in [0.15, 0.2) is 0 Å². The van der Waals surface area contributed by atoms with E-state index in [9.17, 15) is 8.42 Å². The highest BCUT2D eigenvalue weighted by atomic mass is 35.5. The molecule has 0 rings (SSSR count). The molecule has 0 aromatic heterocycles. The predicted molar refractivity (Wildman–Crippen MR) is 47.1 cm³/mol. The molecule has 4 nitrogen and oxygen atoms in total. The number of hydrogen-bond acceptors (Lipinski definition) is 3. The SMILES string of the molecule is CCN(CCC#N)S(=O)(=O)CCl. The topological polar surface area (TPSA) is 61.2 Å². The van der Waals surface area contributed by atoms with Crippen molar-refractivity contribution in [2.75, 3.05) is 18.3 Å². The van der Waals surface area contributed by atoms with Crippen LogP contribution in [0, 0.1) is 11.3 Å². The van der Waals surface area contributed by atoms with Crippen LogP contribution in [0.3, 0.4) is 0 Å². The second kappa shape index (κ2) is 5.36. The van der Waals surface area contributed by atoms with E-state index in [1.54, 1.807) is 6.92 Å².